The van der Waals surface area contributed by atoms with Crippen LogP contribution in [0.4, 0.5) is 0 Å². The number of hydrogen-bond donors (Lipinski definition) is 2. The molecule has 1 fully saturated rings. The summed E-state index contributed by atoms with van der Waals surface area (Å²) in [5.41, 5.74) is 0. The molecule has 0 aromatic heterocycles. The van der Waals surface area contributed by atoms with E-state index in [1.165, 1.54) is 12.8 Å². The third-order valence-corrected chi connectivity index (χ3v) is 3.57. The smallest absolute Gasteiger partial charge is 0.191 e. The van der Waals surface area contributed by atoms with Crippen LogP contribution in [0.1, 0.15) is 26.2 Å². The molecule has 6 nitrogen and oxygen atoms in total. The van der Waals surface area contributed by atoms with Gasteiger partial charge in [-0.05, 0) is 25.8 Å². The third kappa shape index (κ3) is 10.6. The van der Waals surface area contributed by atoms with Gasteiger partial charge in [-0.15, -0.1) is 24.0 Å². The topological polar surface area (TPSA) is 58.1 Å². The lowest BCUT2D eigenvalue weighted by atomic mass is 10.4. The van der Waals surface area contributed by atoms with Gasteiger partial charge < -0.3 is 20.1 Å². The maximum absolute atomic E-state index is 5.42. The van der Waals surface area contributed by atoms with Gasteiger partial charge in [-0.2, -0.15) is 0 Å². The van der Waals surface area contributed by atoms with E-state index in [0.29, 0.717) is 13.2 Å². The summed E-state index contributed by atoms with van der Waals surface area (Å²) in [7, 11) is 3.49. The summed E-state index contributed by atoms with van der Waals surface area (Å²) in [6, 6.07) is 0.830. The van der Waals surface area contributed by atoms with Crippen molar-refractivity contribution in [2.24, 2.45) is 4.99 Å². The van der Waals surface area contributed by atoms with Crippen LogP contribution in [0.5, 0.6) is 0 Å². The van der Waals surface area contributed by atoms with E-state index < -0.39 is 0 Å². The predicted molar refractivity (Wildman–Crippen MR) is 102 cm³/mol. The normalized spacial score (nSPS) is 14.8. The van der Waals surface area contributed by atoms with Gasteiger partial charge in [-0.1, -0.05) is 6.92 Å². The van der Waals surface area contributed by atoms with Crippen molar-refractivity contribution in [3.63, 3.8) is 0 Å². The molecule has 2 N–H and O–H groups in total. The van der Waals surface area contributed by atoms with Crippen LogP contribution in [-0.2, 0) is 9.47 Å². The Kier molecular flexibility index (Phi) is 14.4. The molecule has 0 aliphatic heterocycles. The maximum atomic E-state index is 5.42. The van der Waals surface area contributed by atoms with E-state index in [1.54, 1.807) is 7.11 Å². The van der Waals surface area contributed by atoms with Gasteiger partial charge in [-0.25, -0.2) is 0 Å². The van der Waals surface area contributed by atoms with Gasteiger partial charge in [0.25, 0.3) is 0 Å². The van der Waals surface area contributed by atoms with Gasteiger partial charge in [0.05, 0.1) is 13.2 Å². The van der Waals surface area contributed by atoms with Crippen molar-refractivity contribution in [3.8, 4) is 0 Å². The summed E-state index contributed by atoms with van der Waals surface area (Å²) in [5, 5.41) is 6.67. The molecule has 0 bridgehead atoms. The van der Waals surface area contributed by atoms with E-state index in [2.05, 4.69) is 27.4 Å². The molecule has 0 radical (unpaired) electrons. The molecule has 0 aromatic carbocycles. The fourth-order valence-corrected chi connectivity index (χ4v) is 2.20. The van der Waals surface area contributed by atoms with Gasteiger partial charge in [0.1, 0.15) is 0 Å². The van der Waals surface area contributed by atoms with Crippen LogP contribution >= 0.6 is 24.0 Å². The Morgan fingerprint density at radius 3 is 2.50 bits per heavy atom. The lowest BCUT2D eigenvalue weighted by molar-refractivity contribution is 0.0698. The highest BCUT2D eigenvalue weighted by Crippen LogP contribution is 2.25. The number of rotatable bonds is 12. The molecule has 1 aliphatic carbocycles. The lowest BCUT2D eigenvalue weighted by Gasteiger charge is -2.20. The highest BCUT2D eigenvalue weighted by atomic mass is 127. The van der Waals surface area contributed by atoms with Crippen molar-refractivity contribution in [1.82, 2.24) is 15.5 Å². The lowest BCUT2D eigenvalue weighted by Crippen LogP contribution is -2.42. The molecule has 1 aliphatic rings. The number of aliphatic imine (C=N–C) groups is 1. The Hall–Kier alpha value is -0.120. The van der Waals surface area contributed by atoms with Crippen molar-refractivity contribution >= 4 is 29.9 Å². The number of guanidine groups is 1. The highest BCUT2D eigenvalue weighted by molar-refractivity contribution is 14.0. The summed E-state index contributed by atoms with van der Waals surface area (Å²) in [6.45, 7) is 8.33. The van der Waals surface area contributed by atoms with E-state index in [4.69, 9.17) is 9.47 Å². The number of likely N-dealkylation sites (N-methyl/N-ethyl adjacent to an activating group) is 1. The first-order valence-electron chi connectivity index (χ1n) is 8.07. The molecule has 0 unspecified atom stereocenters. The Bertz CT molecular complexity index is 289. The third-order valence-electron chi connectivity index (χ3n) is 3.57. The molecule has 0 atom stereocenters. The molecule has 0 aromatic rings. The minimum atomic E-state index is 0. The fourth-order valence-electron chi connectivity index (χ4n) is 2.20. The van der Waals surface area contributed by atoms with Crippen molar-refractivity contribution < 1.29 is 9.47 Å². The van der Waals surface area contributed by atoms with Crippen LogP contribution in [0.3, 0.4) is 0 Å². The quantitative estimate of drug-likeness (QED) is 0.213. The second-order valence-corrected chi connectivity index (χ2v) is 5.24. The molecular weight excluding hydrogens is 395 g/mol. The van der Waals surface area contributed by atoms with Crippen LogP contribution in [0.25, 0.3) is 0 Å². The number of methoxy groups -OCH3 is 1. The molecule has 1 saturated carbocycles. The van der Waals surface area contributed by atoms with Gasteiger partial charge in [0, 0.05) is 46.4 Å². The van der Waals surface area contributed by atoms with Crippen molar-refractivity contribution in [2.45, 2.75) is 32.2 Å². The largest absolute Gasteiger partial charge is 0.382 e. The first-order chi connectivity index (χ1) is 10.3. The van der Waals surface area contributed by atoms with E-state index in [9.17, 15) is 0 Å². The van der Waals surface area contributed by atoms with Crippen LogP contribution in [0.15, 0.2) is 4.99 Å². The second-order valence-electron chi connectivity index (χ2n) is 5.24. The van der Waals surface area contributed by atoms with Gasteiger partial charge in [0.15, 0.2) is 5.96 Å². The van der Waals surface area contributed by atoms with E-state index in [-0.39, 0.29) is 24.0 Å². The Labute approximate surface area is 152 Å². The fraction of sp³-hybridized carbons (Fsp3) is 0.933. The first kappa shape index (κ1) is 21.9. The molecule has 0 spiro atoms. The Morgan fingerprint density at radius 2 is 1.91 bits per heavy atom. The summed E-state index contributed by atoms with van der Waals surface area (Å²) >= 11 is 0. The monoisotopic (exact) mass is 428 g/mol. The molecule has 7 heteroatoms. The van der Waals surface area contributed by atoms with E-state index in [1.807, 2.05) is 7.05 Å². The minimum Gasteiger partial charge on any atom is -0.382 e. The van der Waals surface area contributed by atoms with Crippen LogP contribution in [-0.4, -0.2) is 77.1 Å². The predicted octanol–water partition coefficient (Wildman–Crippen LogP) is 1.31. The molecule has 0 heterocycles. The minimum absolute atomic E-state index is 0. The number of halogens is 1. The zero-order valence-electron chi connectivity index (χ0n) is 14.3. The van der Waals surface area contributed by atoms with E-state index >= 15 is 0 Å². The summed E-state index contributed by atoms with van der Waals surface area (Å²) < 4.78 is 10.3. The Balaban J connectivity index is 0.00000441. The molecule has 0 amide bonds. The zero-order valence-corrected chi connectivity index (χ0v) is 16.6. The SMILES string of the molecule is CCN(CCNC(=NC)NCCCOCCOC)C1CC1.I. The molecule has 22 heavy (non-hydrogen) atoms. The van der Waals surface area contributed by atoms with Crippen LogP contribution in [0, 0.1) is 0 Å². The standard InChI is InChI=1S/C15H32N4O2.HI/c1-4-19(14-6-7-14)10-9-18-15(16-2)17-8-5-11-21-13-12-20-3;/h14H,4-13H2,1-3H3,(H2,16,17,18);1H. The highest BCUT2D eigenvalue weighted by Gasteiger charge is 2.27. The number of nitrogens with one attached hydrogen (secondary N) is 2. The molecular formula is C15H33IN4O2. The van der Waals surface area contributed by atoms with Gasteiger partial charge in [-0.3, -0.25) is 9.89 Å². The maximum Gasteiger partial charge on any atom is 0.191 e. The summed E-state index contributed by atoms with van der Waals surface area (Å²) in [4.78, 5) is 6.77. The zero-order chi connectivity index (χ0) is 15.3. The average Bonchev–Trinajstić information content (AvgIpc) is 3.33. The number of nitrogens with zero attached hydrogens (tertiary/aromatic N) is 2. The molecule has 0 saturated heterocycles. The van der Waals surface area contributed by atoms with Gasteiger partial charge >= 0.3 is 0 Å². The van der Waals surface area contributed by atoms with Crippen LogP contribution in [0.2, 0.25) is 0 Å². The summed E-state index contributed by atoms with van der Waals surface area (Å²) in [5.74, 6) is 0.874. The van der Waals surface area contributed by atoms with E-state index in [0.717, 1.165) is 51.2 Å². The first-order valence-corrected chi connectivity index (χ1v) is 8.07. The number of ether oxygens (including phenoxy) is 2. The molecule has 132 valence electrons. The van der Waals surface area contributed by atoms with Crippen molar-refractivity contribution in [2.75, 3.05) is 60.2 Å². The van der Waals surface area contributed by atoms with Crippen LogP contribution < -0.4 is 10.6 Å². The number of hydrogen-bond acceptors (Lipinski definition) is 4. The summed E-state index contributed by atoms with van der Waals surface area (Å²) in [6.07, 6.45) is 3.70. The Morgan fingerprint density at radius 1 is 1.18 bits per heavy atom. The van der Waals surface area contributed by atoms with Gasteiger partial charge in [0.2, 0.25) is 0 Å². The second kappa shape index (κ2) is 14.5. The van der Waals surface area contributed by atoms with Crippen molar-refractivity contribution in [3.05, 3.63) is 0 Å². The molecule has 1 rings (SSSR count). The van der Waals surface area contributed by atoms with Crippen molar-refractivity contribution in [1.29, 1.82) is 0 Å². The average molecular weight is 428 g/mol.